The highest BCUT2D eigenvalue weighted by Gasteiger charge is 2.16. The van der Waals surface area contributed by atoms with Crippen molar-refractivity contribution in [3.63, 3.8) is 0 Å². The van der Waals surface area contributed by atoms with E-state index >= 15 is 0 Å². The van der Waals surface area contributed by atoms with Gasteiger partial charge in [0.15, 0.2) is 3.92 Å². The Bertz CT molecular complexity index is 495. The van der Waals surface area contributed by atoms with E-state index in [0.717, 1.165) is 0 Å². The van der Waals surface area contributed by atoms with Crippen molar-refractivity contribution >= 4 is 49.0 Å². The van der Waals surface area contributed by atoms with Gasteiger partial charge in [-0.05, 0) is 31.9 Å². The van der Waals surface area contributed by atoms with Crippen LogP contribution < -0.4 is 0 Å². The van der Waals surface area contributed by atoms with Gasteiger partial charge in [0.25, 0.3) is 0 Å². The summed E-state index contributed by atoms with van der Waals surface area (Å²) < 4.78 is 1.29. The molecule has 0 saturated carbocycles. The Balaban J connectivity index is 2.41. The van der Waals surface area contributed by atoms with Crippen LogP contribution in [0.5, 0.6) is 0 Å². The van der Waals surface area contributed by atoms with Gasteiger partial charge in [0.1, 0.15) is 9.48 Å². The fourth-order valence-electron chi connectivity index (χ4n) is 1.14. The zero-order valence-electron chi connectivity index (χ0n) is 7.41. The van der Waals surface area contributed by atoms with Gasteiger partial charge in [0, 0.05) is 5.56 Å². The Labute approximate surface area is 108 Å². The van der Waals surface area contributed by atoms with Crippen LogP contribution >= 0.6 is 43.2 Å². The third-order valence-electron chi connectivity index (χ3n) is 1.80. The Morgan fingerprint density at radius 3 is 2.40 bits per heavy atom. The van der Waals surface area contributed by atoms with Crippen molar-refractivity contribution in [2.45, 2.75) is 0 Å². The first-order valence-electron chi connectivity index (χ1n) is 4.10. The van der Waals surface area contributed by atoms with Gasteiger partial charge in [-0.25, -0.2) is 4.98 Å². The van der Waals surface area contributed by atoms with E-state index in [9.17, 15) is 4.79 Å². The maximum Gasteiger partial charge on any atom is 0.205 e. The molecule has 0 aliphatic rings. The Kier molecular flexibility index (Phi) is 3.33. The number of benzene rings is 1. The molecule has 1 aromatic carbocycles. The quantitative estimate of drug-likeness (QED) is 0.772. The summed E-state index contributed by atoms with van der Waals surface area (Å²) in [5, 5.41) is 0. The average Bonchev–Trinajstić information content (AvgIpc) is 2.58. The number of hydrogen-bond donors (Lipinski definition) is 0. The van der Waals surface area contributed by atoms with Crippen LogP contribution in [0.3, 0.4) is 0 Å². The van der Waals surface area contributed by atoms with Crippen molar-refractivity contribution in [2.75, 3.05) is 0 Å². The predicted octanol–water partition coefficient (Wildman–Crippen LogP) is 3.90. The van der Waals surface area contributed by atoms with E-state index in [1.54, 1.807) is 12.1 Å². The van der Waals surface area contributed by atoms with E-state index in [4.69, 9.17) is 0 Å². The first-order valence-corrected chi connectivity index (χ1v) is 6.50. The van der Waals surface area contributed by atoms with Gasteiger partial charge < -0.3 is 0 Å². The standard InChI is InChI=1S/C10H5Br2NOS/c11-9-8(15-10(12)13-9)7(14)6-4-2-1-3-5-6/h1-5H. The summed E-state index contributed by atoms with van der Waals surface area (Å²) in [6.45, 7) is 0. The minimum atomic E-state index is -0.00863. The van der Waals surface area contributed by atoms with Gasteiger partial charge in [0.05, 0.1) is 0 Å². The number of halogens is 2. The molecule has 0 bridgehead atoms. The molecule has 5 heteroatoms. The van der Waals surface area contributed by atoms with Crippen molar-refractivity contribution in [3.8, 4) is 0 Å². The van der Waals surface area contributed by atoms with E-state index in [1.807, 2.05) is 18.2 Å². The zero-order valence-corrected chi connectivity index (χ0v) is 11.4. The van der Waals surface area contributed by atoms with Gasteiger partial charge in [0.2, 0.25) is 5.78 Å². The van der Waals surface area contributed by atoms with Gasteiger partial charge in [-0.1, -0.05) is 30.3 Å². The smallest absolute Gasteiger partial charge is 0.205 e. The van der Waals surface area contributed by atoms with Crippen LogP contribution in [0.4, 0.5) is 0 Å². The van der Waals surface area contributed by atoms with Gasteiger partial charge in [-0.3, -0.25) is 4.79 Å². The number of carbonyl (C=O) groups excluding carboxylic acids is 1. The van der Waals surface area contributed by atoms with Crippen LogP contribution in [-0.4, -0.2) is 10.8 Å². The zero-order chi connectivity index (χ0) is 10.8. The Morgan fingerprint density at radius 2 is 1.87 bits per heavy atom. The molecule has 2 aromatic rings. The number of aromatic nitrogens is 1. The highest BCUT2D eigenvalue weighted by atomic mass is 79.9. The second-order valence-electron chi connectivity index (χ2n) is 2.78. The molecular formula is C10H5Br2NOS. The lowest BCUT2D eigenvalue weighted by atomic mass is 10.1. The lowest BCUT2D eigenvalue weighted by Gasteiger charge is -1.96. The van der Waals surface area contributed by atoms with Crippen molar-refractivity contribution in [1.82, 2.24) is 4.98 Å². The molecular weight excluding hydrogens is 342 g/mol. The molecule has 0 aliphatic carbocycles. The first kappa shape index (κ1) is 11.0. The third-order valence-corrected chi connectivity index (χ3v) is 4.14. The second-order valence-corrected chi connectivity index (χ2v) is 5.81. The Morgan fingerprint density at radius 1 is 1.20 bits per heavy atom. The summed E-state index contributed by atoms with van der Waals surface area (Å²) in [5.74, 6) is -0.00863. The lowest BCUT2D eigenvalue weighted by molar-refractivity contribution is 0.104. The number of carbonyl (C=O) groups is 1. The highest BCUT2D eigenvalue weighted by molar-refractivity contribution is 9.11. The molecule has 2 nitrogen and oxygen atoms in total. The Hall–Kier alpha value is -0.520. The second kappa shape index (κ2) is 4.55. The van der Waals surface area contributed by atoms with Gasteiger partial charge >= 0.3 is 0 Å². The number of thiazole rings is 1. The lowest BCUT2D eigenvalue weighted by Crippen LogP contribution is -1.98. The summed E-state index contributed by atoms with van der Waals surface area (Å²) in [4.78, 5) is 16.7. The average molecular weight is 347 g/mol. The molecule has 0 radical (unpaired) electrons. The fraction of sp³-hybridized carbons (Fsp3) is 0. The van der Waals surface area contributed by atoms with E-state index in [-0.39, 0.29) is 5.78 Å². The SMILES string of the molecule is O=C(c1ccccc1)c1sc(Br)nc1Br. The molecule has 0 saturated heterocycles. The molecule has 2 rings (SSSR count). The molecule has 0 amide bonds. The van der Waals surface area contributed by atoms with Crippen molar-refractivity contribution in [3.05, 3.63) is 49.3 Å². The van der Waals surface area contributed by atoms with Crippen LogP contribution in [0.1, 0.15) is 15.2 Å². The summed E-state index contributed by atoms with van der Waals surface area (Å²) in [6, 6.07) is 9.16. The molecule has 0 spiro atoms. The monoisotopic (exact) mass is 345 g/mol. The summed E-state index contributed by atoms with van der Waals surface area (Å²) in [6.07, 6.45) is 0. The first-order chi connectivity index (χ1) is 7.18. The van der Waals surface area contributed by atoms with E-state index < -0.39 is 0 Å². The molecule has 1 heterocycles. The predicted molar refractivity (Wildman–Crippen MR) is 67.4 cm³/mol. The molecule has 1 aromatic heterocycles. The van der Waals surface area contributed by atoms with Crippen molar-refractivity contribution in [2.24, 2.45) is 0 Å². The maximum atomic E-state index is 12.0. The molecule has 0 unspecified atom stereocenters. The fourth-order valence-corrected chi connectivity index (χ4v) is 3.40. The maximum absolute atomic E-state index is 12.0. The molecule has 76 valence electrons. The molecule has 0 aliphatic heterocycles. The van der Waals surface area contributed by atoms with E-state index in [2.05, 4.69) is 36.8 Å². The molecule has 0 fully saturated rings. The minimum Gasteiger partial charge on any atom is -0.288 e. The number of ketones is 1. The number of rotatable bonds is 2. The number of nitrogens with zero attached hydrogens (tertiary/aromatic N) is 1. The highest BCUT2D eigenvalue weighted by Crippen LogP contribution is 2.29. The normalized spacial score (nSPS) is 10.3. The van der Waals surface area contributed by atoms with E-state index in [1.165, 1.54) is 11.3 Å². The van der Waals surface area contributed by atoms with Crippen molar-refractivity contribution in [1.29, 1.82) is 0 Å². The minimum absolute atomic E-state index is 0.00863. The van der Waals surface area contributed by atoms with Gasteiger partial charge in [-0.2, -0.15) is 0 Å². The van der Waals surface area contributed by atoms with Crippen LogP contribution in [0.2, 0.25) is 0 Å². The summed E-state index contributed by atoms with van der Waals surface area (Å²) in [7, 11) is 0. The van der Waals surface area contributed by atoms with Crippen LogP contribution in [0.15, 0.2) is 38.9 Å². The molecule has 15 heavy (non-hydrogen) atoms. The topological polar surface area (TPSA) is 30.0 Å². The van der Waals surface area contributed by atoms with Gasteiger partial charge in [-0.15, -0.1) is 11.3 Å². The summed E-state index contributed by atoms with van der Waals surface area (Å²) in [5.41, 5.74) is 0.675. The van der Waals surface area contributed by atoms with Crippen LogP contribution in [0.25, 0.3) is 0 Å². The van der Waals surface area contributed by atoms with Crippen LogP contribution in [0, 0.1) is 0 Å². The summed E-state index contributed by atoms with van der Waals surface area (Å²) >= 11 is 7.84. The van der Waals surface area contributed by atoms with E-state index in [0.29, 0.717) is 19.0 Å². The number of hydrogen-bond acceptors (Lipinski definition) is 3. The largest absolute Gasteiger partial charge is 0.288 e. The third kappa shape index (κ3) is 2.35. The van der Waals surface area contributed by atoms with Crippen LogP contribution in [-0.2, 0) is 0 Å². The van der Waals surface area contributed by atoms with Crippen molar-refractivity contribution < 1.29 is 4.79 Å². The molecule has 0 atom stereocenters. The molecule has 0 N–H and O–H groups in total.